The number of likely N-dealkylation sites (N-methyl/N-ethyl adjacent to an activating group) is 1. The predicted molar refractivity (Wildman–Crippen MR) is 75.1 cm³/mol. The minimum atomic E-state index is -3.68. The lowest BCUT2D eigenvalue weighted by atomic mass is 10.3. The van der Waals surface area contributed by atoms with Gasteiger partial charge in [-0.25, -0.2) is 13.4 Å². The molecule has 0 atom stereocenters. The number of piperazine rings is 1. The topological polar surface area (TPSA) is 98.4 Å². The molecule has 2 N–H and O–H groups in total. The van der Waals surface area contributed by atoms with E-state index < -0.39 is 10.0 Å². The monoisotopic (exact) mass is 323 g/mol. The number of aromatic nitrogens is 2. The van der Waals surface area contributed by atoms with E-state index in [1.165, 1.54) is 19.6 Å². The molecule has 0 aliphatic carbocycles. The minimum absolute atomic E-state index is 0. The van der Waals surface area contributed by atoms with E-state index in [1.807, 2.05) is 0 Å². The van der Waals surface area contributed by atoms with E-state index in [-0.39, 0.29) is 29.9 Å². The summed E-state index contributed by atoms with van der Waals surface area (Å²) in [4.78, 5) is 19.9. The summed E-state index contributed by atoms with van der Waals surface area (Å²) in [5.74, 6) is -0.188. The molecule has 0 radical (unpaired) electrons. The van der Waals surface area contributed by atoms with Gasteiger partial charge in [-0.1, -0.05) is 0 Å². The maximum absolute atomic E-state index is 12.1. The van der Waals surface area contributed by atoms with Crippen molar-refractivity contribution in [1.29, 1.82) is 0 Å². The fraction of sp³-hybridized carbons (Fsp3) is 0.600. The Kier molecular flexibility index (Phi) is 5.93. The number of imidazole rings is 1. The van der Waals surface area contributed by atoms with Gasteiger partial charge in [0, 0.05) is 33.2 Å². The molecule has 114 valence electrons. The predicted octanol–water partition coefficient (Wildman–Crippen LogP) is -1.12. The summed E-state index contributed by atoms with van der Waals surface area (Å²) in [6.07, 6.45) is 2.51. The molecule has 2 rings (SSSR count). The number of nitrogens with one attached hydrogen (secondary N) is 2. The van der Waals surface area contributed by atoms with Crippen LogP contribution in [-0.4, -0.2) is 73.3 Å². The fourth-order valence-corrected chi connectivity index (χ4v) is 2.85. The number of amides is 1. The SMILES string of the molecule is CN(CC(=O)N1CCNCC1)S(=O)(=O)c1cnc[nH]1.Cl. The maximum Gasteiger partial charge on any atom is 0.260 e. The Morgan fingerprint density at radius 1 is 1.45 bits per heavy atom. The van der Waals surface area contributed by atoms with Crippen LogP contribution in [0.5, 0.6) is 0 Å². The van der Waals surface area contributed by atoms with E-state index in [1.54, 1.807) is 4.90 Å². The molecule has 20 heavy (non-hydrogen) atoms. The van der Waals surface area contributed by atoms with Gasteiger partial charge in [-0.2, -0.15) is 4.31 Å². The average Bonchev–Trinajstić information content (AvgIpc) is 2.94. The van der Waals surface area contributed by atoms with Crippen molar-refractivity contribution in [2.45, 2.75) is 5.03 Å². The van der Waals surface area contributed by atoms with Gasteiger partial charge in [0.15, 0.2) is 5.03 Å². The van der Waals surface area contributed by atoms with Crippen molar-refractivity contribution in [2.75, 3.05) is 39.8 Å². The normalized spacial score (nSPS) is 16.0. The number of H-pyrrole nitrogens is 1. The third kappa shape index (κ3) is 3.69. The number of hydrogen-bond donors (Lipinski definition) is 2. The third-order valence-corrected chi connectivity index (χ3v) is 4.72. The first-order valence-electron chi connectivity index (χ1n) is 5.95. The lowest BCUT2D eigenvalue weighted by Crippen LogP contribution is -2.49. The second-order valence-electron chi connectivity index (χ2n) is 4.31. The van der Waals surface area contributed by atoms with Crippen LogP contribution in [0, 0.1) is 0 Å². The zero-order valence-electron chi connectivity index (χ0n) is 11.1. The Morgan fingerprint density at radius 2 is 2.10 bits per heavy atom. The van der Waals surface area contributed by atoms with Gasteiger partial charge in [0.25, 0.3) is 10.0 Å². The van der Waals surface area contributed by atoms with Crippen LogP contribution in [0.25, 0.3) is 0 Å². The number of nitrogens with zero attached hydrogens (tertiary/aromatic N) is 3. The first-order valence-corrected chi connectivity index (χ1v) is 7.39. The summed E-state index contributed by atoms with van der Waals surface area (Å²) in [6, 6.07) is 0. The first-order chi connectivity index (χ1) is 9.01. The smallest absolute Gasteiger partial charge is 0.260 e. The molecule has 1 aromatic rings. The molecule has 0 unspecified atom stereocenters. The van der Waals surface area contributed by atoms with Gasteiger partial charge >= 0.3 is 0 Å². The van der Waals surface area contributed by atoms with Crippen molar-refractivity contribution >= 4 is 28.3 Å². The molecule has 0 bridgehead atoms. The quantitative estimate of drug-likeness (QED) is 0.731. The third-order valence-electron chi connectivity index (χ3n) is 2.99. The second kappa shape index (κ2) is 7.02. The van der Waals surface area contributed by atoms with Gasteiger partial charge in [-0.05, 0) is 0 Å². The molecule has 2 heterocycles. The number of hydrogen-bond acceptors (Lipinski definition) is 5. The Balaban J connectivity index is 0.00000200. The van der Waals surface area contributed by atoms with Crippen LogP contribution in [0.2, 0.25) is 0 Å². The van der Waals surface area contributed by atoms with Crippen LogP contribution in [-0.2, 0) is 14.8 Å². The van der Waals surface area contributed by atoms with E-state index in [0.29, 0.717) is 13.1 Å². The number of rotatable bonds is 4. The summed E-state index contributed by atoms with van der Waals surface area (Å²) >= 11 is 0. The zero-order valence-corrected chi connectivity index (χ0v) is 12.7. The molecule has 1 saturated heterocycles. The zero-order chi connectivity index (χ0) is 13.9. The first kappa shape index (κ1) is 16.9. The van der Waals surface area contributed by atoms with Gasteiger partial charge in [0.1, 0.15) is 0 Å². The molecule has 1 fully saturated rings. The molecule has 10 heteroatoms. The van der Waals surface area contributed by atoms with Crippen molar-refractivity contribution in [1.82, 2.24) is 24.5 Å². The van der Waals surface area contributed by atoms with Crippen molar-refractivity contribution in [3.63, 3.8) is 0 Å². The number of aromatic amines is 1. The van der Waals surface area contributed by atoms with E-state index >= 15 is 0 Å². The number of carbonyl (C=O) groups is 1. The largest absolute Gasteiger partial charge is 0.339 e. The van der Waals surface area contributed by atoms with Crippen molar-refractivity contribution in [2.24, 2.45) is 0 Å². The van der Waals surface area contributed by atoms with Gasteiger partial charge < -0.3 is 15.2 Å². The highest BCUT2D eigenvalue weighted by molar-refractivity contribution is 7.89. The highest BCUT2D eigenvalue weighted by Gasteiger charge is 2.26. The molecule has 1 aliphatic rings. The van der Waals surface area contributed by atoms with E-state index in [9.17, 15) is 13.2 Å². The number of halogens is 1. The van der Waals surface area contributed by atoms with E-state index in [0.717, 1.165) is 17.4 Å². The van der Waals surface area contributed by atoms with Crippen LogP contribution in [0.1, 0.15) is 0 Å². The molecule has 0 aromatic carbocycles. The summed E-state index contributed by atoms with van der Waals surface area (Å²) in [7, 11) is -2.29. The fourth-order valence-electron chi connectivity index (χ4n) is 1.84. The molecule has 1 aliphatic heterocycles. The number of carbonyl (C=O) groups excluding carboxylic acids is 1. The second-order valence-corrected chi connectivity index (χ2v) is 6.32. The summed E-state index contributed by atoms with van der Waals surface area (Å²) in [6.45, 7) is 2.53. The molecule has 1 amide bonds. The van der Waals surface area contributed by atoms with Gasteiger partial charge in [0.05, 0.1) is 19.1 Å². The maximum atomic E-state index is 12.1. The lowest BCUT2D eigenvalue weighted by molar-refractivity contribution is -0.131. The summed E-state index contributed by atoms with van der Waals surface area (Å²) in [5, 5.41) is 3.13. The summed E-state index contributed by atoms with van der Waals surface area (Å²) < 4.78 is 25.2. The van der Waals surface area contributed by atoms with Crippen molar-refractivity contribution in [3.05, 3.63) is 12.5 Å². The van der Waals surface area contributed by atoms with Gasteiger partial charge in [0.2, 0.25) is 5.91 Å². The Labute approximate surface area is 124 Å². The molecule has 0 spiro atoms. The highest BCUT2D eigenvalue weighted by Crippen LogP contribution is 2.10. The number of sulfonamides is 1. The van der Waals surface area contributed by atoms with E-state index in [4.69, 9.17) is 0 Å². The van der Waals surface area contributed by atoms with Gasteiger partial charge in [-0.15, -0.1) is 12.4 Å². The Morgan fingerprint density at radius 3 is 2.65 bits per heavy atom. The lowest BCUT2D eigenvalue weighted by Gasteiger charge is -2.28. The average molecular weight is 324 g/mol. The van der Waals surface area contributed by atoms with Crippen molar-refractivity contribution in [3.8, 4) is 0 Å². The molecule has 1 aromatic heterocycles. The van der Waals surface area contributed by atoms with Crippen LogP contribution in [0.3, 0.4) is 0 Å². The van der Waals surface area contributed by atoms with Gasteiger partial charge in [-0.3, -0.25) is 4.79 Å². The Hall–Kier alpha value is -1.16. The van der Waals surface area contributed by atoms with Crippen LogP contribution >= 0.6 is 12.4 Å². The highest BCUT2D eigenvalue weighted by atomic mass is 35.5. The van der Waals surface area contributed by atoms with Crippen molar-refractivity contribution < 1.29 is 13.2 Å². The molecular formula is C10H18ClN5O3S. The minimum Gasteiger partial charge on any atom is -0.339 e. The Bertz CT molecular complexity index is 527. The standard InChI is InChI=1S/C10H17N5O3S.ClH/c1-14(19(17,18)9-6-12-8-13-9)7-10(16)15-4-2-11-3-5-15;/h6,8,11H,2-5,7H2,1H3,(H,12,13);1H. The molecular weight excluding hydrogens is 306 g/mol. The van der Waals surface area contributed by atoms with E-state index in [2.05, 4.69) is 15.3 Å². The van der Waals surface area contributed by atoms with Crippen LogP contribution in [0.4, 0.5) is 0 Å². The van der Waals surface area contributed by atoms with Crippen LogP contribution in [0.15, 0.2) is 17.6 Å². The summed E-state index contributed by atoms with van der Waals surface area (Å²) in [5.41, 5.74) is 0. The molecule has 8 nitrogen and oxygen atoms in total. The molecule has 0 saturated carbocycles. The van der Waals surface area contributed by atoms with Crippen LogP contribution < -0.4 is 5.32 Å².